The molecule has 0 aliphatic heterocycles. The van der Waals surface area contributed by atoms with Crippen LogP contribution in [-0.2, 0) is 4.74 Å². The van der Waals surface area contributed by atoms with Gasteiger partial charge in [-0.05, 0) is 41.1 Å². The van der Waals surface area contributed by atoms with Crippen LogP contribution in [0.3, 0.4) is 0 Å². The number of esters is 1. The van der Waals surface area contributed by atoms with Gasteiger partial charge in [0.15, 0.2) is 0 Å². The first kappa shape index (κ1) is 12.3. The molecule has 17 heavy (non-hydrogen) atoms. The van der Waals surface area contributed by atoms with Crippen LogP contribution in [0, 0.1) is 6.92 Å². The summed E-state index contributed by atoms with van der Waals surface area (Å²) in [4.78, 5) is 15.9. The van der Waals surface area contributed by atoms with E-state index in [1.54, 1.807) is 18.2 Å². The second-order valence-corrected chi connectivity index (χ2v) is 4.85. The molecule has 0 bridgehead atoms. The molecule has 0 N–H and O–H groups in total. The van der Waals surface area contributed by atoms with Gasteiger partial charge in [-0.25, -0.2) is 4.79 Å². The average molecular weight is 315 g/mol. The quantitative estimate of drug-likeness (QED) is 0.753. The summed E-state index contributed by atoms with van der Waals surface area (Å²) in [6.45, 7) is 1.85. The number of carbonyl (C=O) groups excluding carboxylic acids is 1. The van der Waals surface area contributed by atoms with Crippen LogP contribution in [0.2, 0.25) is 5.02 Å². The first-order valence-corrected chi connectivity index (χ1v) is 6.04. The lowest BCUT2D eigenvalue weighted by Crippen LogP contribution is -2.02. The van der Waals surface area contributed by atoms with Gasteiger partial charge in [-0.15, -0.1) is 0 Å². The highest BCUT2D eigenvalue weighted by Crippen LogP contribution is 2.29. The van der Waals surface area contributed by atoms with E-state index in [1.807, 2.05) is 6.92 Å². The molecule has 0 radical (unpaired) electrons. The molecule has 88 valence electrons. The monoisotopic (exact) mass is 313 g/mol. The molecule has 0 fully saturated rings. The fourth-order valence-corrected chi connectivity index (χ4v) is 2.41. The maximum atomic E-state index is 11.5. The Hall–Kier alpha value is -1.13. The molecule has 0 spiro atoms. The van der Waals surface area contributed by atoms with E-state index < -0.39 is 5.97 Å². The van der Waals surface area contributed by atoms with E-state index in [4.69, 9.17) is 16.3 Å². The van der Waals surface area contributed by atoms with Crippen LogP contribution in [0.4, 0.5) is 0 Å². The normalized spacial score (nSPS) is 10.6. The summed E-state index contributed by atoms with van der Waals surface area (Å²) in [7, 11) is 1.34. The van der Waals surface area contributed by atoms with Gasteiger partial charge in [-0.3, -0.25) is 4.98 Å². The third-order valence-electron chi connectivity index (χ3n) is 2.38. The maximum absolute atomic E-state index is 11.5. The van der Waals surface area contributed by atoms with Gasteiger partial charge in [0.25, 0.3) is 0 Å². The SMILES string of the molecule is COC(=O)c1cc2nc(C)cc(Cl)c2cc1Br. The van der Waals surface area contributed by atoms with Crippen LogP contribution in [0.15, 0.2) is 22.7 Å². The van der Waals surface area contributed by atoms with Crippen molar-refractivity contribution in [2.75, 3.05) is 7.11 Å². The summed E-state index contributed by atoms with van der Waals surface area (Å²) in [5.41, 5.74) is 1.92. The van der Waals surface area contributed by atoms with Crippen molar-refractivity contribution in [3.8, 4) is 0 Å². The second-order valence-electron chi connectivity index (χ2n) is 3.59. The molecule has 0 atom stereocenters. The number of fused-ring (bicyclic) bond motifs is 1. The summed E-state index contributed by atoms with van der Waals surface area (Å²) in [6, 6.07) is 5.23. The zero-order valence-electron chi connectivity index (χ0n) is 9.25. The number of benzene rings is 1. The third-order valence-corrected chi connectivity index (χ3v) is 3.35. The van der Waals surface area contributed by atoms with Gasteiger partial charge < -0.3 is 4.74 Å². The first-order chi connectivity index (χ1) is 8.02. The van der Waals surface area contributed by atoms with Crippen molar-refractivity contribution in [3.05, 3.63) is 39.0 Å². The smallest absolute Gasteiger partial charge is 0.339 e. The Morgan fingerprint density at radius 1 is 1.41 bits per heavy atom. The fourth-order valence-electron chi connectivity index (χ4n) is 1.60. The lowest BCUT2D eigenvalue weighted by atomic mass is 10.1. The lowest BCUT2D eigenvalue weighted by Gasteiger charge is -2.07. The van der Waals surface area contributed by atoms with Gasteiger partial charge >= 0.3 is 5.97 Å². The predicted molar refractivity (Wildman–Crippen MR) is 70.5 cm³/mol. The number of carbonyl (C=O) groups is 1. The third kappa shape index (κ3) is 2.28. The number of aryl methyl sites for hydroxylation is 1. The molecule has 1 aromatic heterocycles. The Labute approximate surface area is 112 Å². The number of pyridine rings is 1. The van der Waals surface area contributed by atoms with E-state index in [1.165, 1.54) is 7.11 Å². The number of nitrogens with zero attached hydrogens (tertiary/aromatic N) is 1. The van der Waals surface area contributed by atoms with Gasteiger partial charge in [0.2, 0.25) is 0 Å². The number of halogens is 2. The molecule has 1 heterocycles. The van der Waals surface area contributed by atoms with Crippen molar-refractivity contribution in [2.24, 2.45) is 0 Å². The van der Waals surface area contributed by atoms with Crippen molar-refractivity contribution in [1.29, 1.82) is 0 Å². The molecule has 0 aliphatic rings. The average Bonchev–Trinajstić information content (AvgIpc) is 2.28. The second kappa shape index (κ2) is 4.63. The molecular formula is C12H9BrClNO2. The summed E-state index contributed by atoms with van der Waals surface area (Å²) in [5.74, 6) is -0.404. The zero-order chi connectivity index (χ0) is 12.6. The Morgan fingerprint density at radius 3 is 2.76 bits per heavy atom. The topological polar surface area (TPSA) is 39.2 Å². The van der Waals surface area contributed by atoms with Gasteiger partial charge in [0.05, 0.1) is 23.2 Å². The highest BCUT2D eigenvalue weighted by atomic mass is 79.9. The van der Waals surface area contributed by atoms with Gasteiger partial charge in [-0.2, -0.15) is 0 Å². The van der Waals surface area contributed by atoms with Crippen LogP contribution >= 0.6 is 27.5 Å². The number of aromatic nitrogens is 1. The van der Waals surface area contributed by atoms with Gasteiger partial charge in [-0.1, -0.05) is 11.6 Å². The van der Waals surface area contributed by atoms with Crippen molar-refractivity contribution in [3.63, 3.8) is 0 Å². The van der Waals surface area contributed by atoms with Crippen LogP contribution in [-0.4, -0.2) is 18.1 Å². The molecule has 0 saturated carbocycles. The minimum atomic E-state index is -0.404. The minimum Gasteiger partial charge on any atom is -0.465 e. The minimum absolute atomic E-state index is 0.404. The van der Waals surface area contributed by atoms with Crippen LogP contribution in [0.25, 0.3) is 10.9 Å². The fraction of sp³-hybridized carbons (Fsp3) is 0.167. The maximum Gasteiger partial charge on any atom is 0.339 e. The van der Waals surface area contributed by atoms with E-state index in [0.717, 1.165) is 11.1 Å². The highest BCUT2D eigenvalue weighted by Gasteiger charge is 2.13. The summed E-state index contributed by atoms with van der Waals surface area (Å²) < 4.78 is 5.34. The van der Waals surface area contributed by atoms with Crippen LogP contribution < -0.4 is 0 Å². The van der Waals surface area contributed by atoms with Crippen molar-refractivity contribution in [1.82, 2.24) is 4.98 Å². The molecule has 2 aromatic rings. The number of hydrogen-bond acceptors (Lipinski definition) is 3. The Kier molecular flexibility index (Phi) is 3.35. The molecule has 0 amide bonds. The van der Waals surface area contributed by atoms with Crippen molar-refractivity contribution in [2.45, 2.75) is 6.92 Å². The zero-order valence-corrected chi connectivity index (χ0v) is 11.6. The van der Waals surface area contributed by atoms with Crippen molar-refractivity contribution >= 4 is 44.4 Å². The highest BCUT2D eigenvalue weighted by molar-refractivity contribution is 9.10. The van der Waals surface area contributed by atoms with Gasteiger partial charge in [0.1, 0.15) is 0 Å². The van der Waals surface area contributed by atoms with E-state index in [9.17, 15) is 4.79 Å². The van der Waals surface area contributed by atoms with E-state index in [0.29, 0.717) is 20.6 Å². The Balaban J connectivity index is 2.76. The molecule has 5 heteroatoms. The first-order valence-electron chi connectivity index (χ1n) is 4.87. The predicted octanol–water partition coefficient (Wildman–Crippen LogP) is 3.75. The molecule has 1 aromatic carbocycles. The molecule has 2 rings (SSSR count). The Bertz CT molecular complexity index is 613. The van der Waals surface area contributed by atoms with E-state index in [2.05, 4.69) is 20.9 Å². The number of rotatable bonds is 1. The standard InChI is InChI=1S/C12H9BrClNO2/c1-6-3-10(14)8-4-9(13)7(12(16)17-2)5-11(8)15-6/h3-5H,1-2H3. The number of ether oxygens (including phenoxy) is 1. The number of methoxy groups -OCH3 is 1. The summed E-state index contributed by atoms with van der Waals surface area (Å²) in [6.07, 6.45) is 0. The summed E-state index contributed by atoms with van der Waals surface area (Å²) in [5, 5.41) is 1.42. The molecule has 0 saturated heterocycles. The van der Waals surface area contributed by atoms with Gasteiger partial charge in [0, 0.05) is 15.6 Å². The molecule has 3 nitrogen and oxygen atoms in total. The molecular weight excluding hydrogens is 305 g/mol. The lowest BCUT2D eigenvalue weighted by molar-refractivity contribution is 0.0600. The summed E-state index contributed by atoms with van der Waals surface area (Å²) >= 11 is 9.45. The molecule has 0 unspecified atom stereocenters. The Morgan fingerprint density at radius 2 is 2.12 bits per heavy atom. The van der Waals surface area contributed by atoms with Crippen LogP contribution in [0.5, 0.6) is 0 Å². The van der Waals surface area contributed by atoms with Crippen LogP contribution in [0.1, 0.15) is 16.1 Å². The largest absolute Gasteiger partial charge is 0.465 e. The van der Waals surface area contributed by atoms with E-state index >= 15 is 0 Å². The van der Waals surface area contributed by atoms with Crippen molar-refractivity contribution < 1.29 is 9.53 Å². The van der Waals surface area contributed by atoms with E-state index in [-0.39, 0.29) is 0 Å². The molecule has 0 aliphatic carbocycles. The number of hydrogen-bond donors (Lipinski definition) is 0.